The monoisotopic (exact) mass is 361 g/mol. The highest BCUT2D eigenvalue weighted by Gasteiger charge is 2.09. The Hall–Kier alpha value is -1.81. The molecule has 0 spiro atoms. The number of carbonyl (C=O) groups is 1. The summed E-state index contributed by atoms with van der Waals surface area (Å²) in [4.78, 5) is 12.0. The Morgan fingerprint density at radius 1 is 1.23 bits per heavy atom. The molecule has 0 heterocycles. The maximum Gasteiger partial charge on any atom is 0.262 e. The van der Waals surface area contributed by atoms with Gasteiger partial charge in [0.1, 0.15) is 5.75 Å². The zero-order valence-electron chi connectivity index (χ0n) is 13.0. The van der Waals surface area contributed by atoms with E-state index < -0.39 is 0 Å². The molecular formula is C18H20BrNO2. The quantitative estimate of drug-likeness (QED) is 0.822. The van der Waals surface area contributed by atoms with Gasteiger partial charge < -0.3 is 10.1 Å². The molecule has 1 amide bonds. The van der Waals surface area contributed by atoms with Crippen LogP contribution in [0.5, 0.6) is 5.75 Å². The Kier molecular flexibility index (Phi) is 5.61. The fraction of sp³-hybridized carbons (Fsp3) is 0.278. The van der Waals surface area contributed by atoms with E-state index in [9.17, 15) is 4.79 Å². The predicted octanol–water partition coefficient (Wildman–Crippen LogP) is 4.90. The first-order valence-electron chi connectivity index (χ1n) is 7.25. The summed E-state index contributed by atoms with van der Waals surface area (Å²) in [6, 6.07) is 13.5. The predicted molar refractivity (Wildman–Crippen MR) is 93.5 cm³/mol. The Bertz CT molecular complexity index is 668. The van der Waals surface area contributed by atoms with Crippen molar-refractivity contribution in [3.8, 4) is 5.75 Å². The van der Waals surface area contributed by atoms with Crippen LogP contribution in [-0.4, -0.2) is 12.5 Å². The number of hydrogen-bond acceptors (Lipinski definition) is 2. The van der Waals surface area contributed by atoms with Gasteiger partial charge in [0.05, 0.1) is 0 Å². The summed E-state index contributed by atoms with van der Waals surface area (Å²) in [5.74, 6) is 0.944. The SMILES string of the molecule is Cc1ccc(NC(=O)COc2ccccc2C(C)C)cc1Br. The normalized spacial score (nSPS) is 10.6. The van der Waals surface area contributed by atoms with Gasteiger partial charge in [0.15, 0.2) is 6.61 Å². The molecule has 0 unspecified atom stereocenters. The van der Waals surface area contributed by atoms with Gasteiger partial charge in [-0.25, -0.2) is 0 Å². The third-order valence-electron chi connectivity index (χ3n) is 3.36. The highest BCUT2D eigenvalue weighted by Crippen LogP contribution is 2.26. The minimum absolute atomic E-state index is 0.00473. The molecule has 2 aromatic rings. The van der Waals surface area contributed by atoms with Crippen LogP contribution in [0.4, 0.5) is 5.69 Å². The molecule has 0 aliphatic rings. The number of rotatable bonds is 5. The number of aryl methyl sites for hydroxylation is 1. The van der Waals surface area contributed by atoms with Crippen molar-refractivity contribution in [1.29, 1.82) is 0 Å². The van der Waals surface area contributed by atoms with E-state index in [1.165, 1.54) is 0 Å². The van der Waals surface area contributed by atoms with Gasteiger partial charge in [-0.3, -0.25) is 4.79 Å². The summed E-state index contributed by atoms with van der Waals surface area (Å²) < 4.78 is 6.63. The molecule has 0 aliphatic heterocycles. The van der Waals surface area contributed by atoms with E-state index in [1.807, 2.05) is 49.4 Å². The van der Waals surface area contributed by atoms with Crippen LogP contribution in [0.15, 0.2) is 46.9 Å². The van der Waals surface area contributed by atoms with E-state index in [1.54, 1.807) is 0 Å². The number of carbonyl (C=O) groups excluding carboxylic acids is 1. The summed E-state index contributed by atoms with van der Waals surface area (Å²) in [6.07, 6.45) is 0. The molecule has 116 valence electrons. The van der Waals surface area contributed by atoms with Gasteiger partial charge in [-0.05, 0) is 42.2 Å². The fourth-order valence-corrected chi connectivity index (χ4v) is 2.48. The van der Waals surface area contributed by atoms with Gasteiger partial charge in [-0.1, -0.05) is 54.0 Å². The van der Waals surface area contributed by atoms with Gasteiger partial charge >= 0.3 is 0 Å². The van der Waals surface area contributed by atoms with E-state index in [4.69, 9.17) is 4.74 Å². The van der Waals surface area contributed by atoms with Crippen molar-refractivity contribution >= 4 is 27.5 Å². The van der Waals surface area contributed by atoms with Crippen LogP contribution < -0.4 is 10.1 Å². The molecule has 0 saturated heterocycles. The molecule has 0 bridgehead atoms. The lowest BCUT2D eigenvalue weighted by molar-refractivity contribution is -0.118. The van der Waals surface area contributed by atoms with Gasteiger partial charge in [0.25, 0.3) is 5.91 Å². The minimum Gasteiger partial charge on any atom is -0.483 e. The van der Waals surface area contributed by atoms with Crippen LogP contribution in [-0.2, 0) is 4.79 Å². The molecule has 0 aliphatic carbocycles. The Morgan fingerprint density at radius 3 is 2.64 bits per heavy atom. The van der Waals surface area contributed by atoms with Crippen LogP contribution in [0.25, 0.3) is 0 Å². The Balaban J connectivity index is 1.97. The summed E-state index contributed by atoms with van der Waals surface area (Å²) >= 11 is 3.45. The number of para-hydroxylation sites is 1. The second-order valence-corrected chi connectivity index (χ2v) is 6.35. The zero-order chi connectivity index (χ0) is 16.1. The highest BCUT2D eigenvalue weighted by atomic mass is 79.9. The maximum atomic E-state index is 12.0. The number of nitrogens with one attached hydrogen (secondary N) is 1. The van der Waals surface area contributed by atoms with Crippen molar-refractivity contribution < 1.29 is 9.53 Å². The second kappa shape index (κ2) is 7.45. The first-order valence-corrected chi connectivity index (χ1v) is 8.04. The van der Waals surface area contributed by atoms with Crippen LogP contribution in [0, 0.1) is 6.92 Å². The van der Waals surface area contributed by atoms with E-state index in [0.717, 1.165) is 27.0 Å². The van der Waals surface area contributed by atoms with Gasteiger partial charge in [0, 0.05) is 10.2 Å². The smallest absolute Gasteiger partial charge is 0.262 e. The van der Waals surface area contributed by atoms with Crippen LogP contribution >= 0.6 is 15.9 Å². The average Bonchev–Trinajstić information content (AvgIpc) is 2.49. The minimum atomic E-state index is -0.172. The van der Waals surface area contributed by atoms with E-state index in [2.05, 4.69) is 35.1 Å². The van der Waals surface area contributed by atoms with Crippen molar-refractivity contribution in [2.45, 2.75) is 26.7 Å². The van der Waals surface area contributed by atoms with Gasteiger partial charge in [-0.2, -0.15) is 0 Å². The van der Waals surface area contributed by atoms with Crippen LogP contribution in [0.1, 0.15) is 30.9 Å². The molecule has 2 rings (SSSR count). The lowest BCUT2D eigenvalue weighted by Crippen LogP contribution is -2.20. The number of ether oxygens (including phenoxy) is 1. The van der Waals surface area contributed by atoms with Crippen molar-refractivity contribution in [3.05, 3.63) is 58.1 Å². The average molecular weight is 362 g/mol. The highest BCUT2D eigenvalue weighted by molar-refractivity contribution is 9.10. The third kappa shape index (κ3) is 4.34. The maximum absolute atomic E-state index is 12.0. The molecule has 1 N–H and O–H groups in total. The molecule has 0 atom stereocenters. The van der Waals surface area contributed by atoms with E-state index >= 15 is 0 Å². The largest absolute Gasteiger partial charge is 0.483 e. The second-order valence-electron chi connectivity index (χ2n) is 5.49. The molecule has 3 nitrogen and oxygen atoms in total. The van der Waals surface area contributed by atoms with E-state index in [-0.39, 0.29) is 12.5 Å². The first kappa shape index (κ1) is 16.6. The Labute approximate surface area is 139 Å². The molecule has 0 aromatic heterocycles. The lowest BCUT2D eigenvalue weighted by atomic mass is 10.0. The fourth-order valence-electron chi connectivity index (χ4n) is 2.10. The van der Waals surface area contributed by atoms with E-state index in [0.29, 0.717) is 5.92 Å². The Morgan fingerprint density at radius 2 is 1.95 bits per heavy atom. The summed E-state index contributed by atoms with van der Waals surface area (Å²) in [6.45, 7) is 6.20. The third-order valence-corrected chi connectivity index (χ3v) is 4.21. The summed E-state index contributed by atoms with van der Waals surface area (Å²) in [7, 11) is 0. The van der Waals surface area contributed by atoms with Gasteiger partial charge in [-0.15, -0.1) is 0 Å². The van der Waals surface area contributed by atoms with Crippen molar-refractivity contribution in [1.82, 2.24) is 0 Å². The number of halogens is 1. The topological polar surface area (TPSA) is 38.3 Å². The molecule has 0 radical (unpaired) electrons. The molecule has 0 saturated carbocycles. The summed E-state index contributed by atoms with van der Waals surface area (Å²) in [5, 5.41) is 2.83. The van der Waals surface area contributed by atoms with Crippen LogP contribution in [0.3, 0.4) is 0 Å². The molecule has 0 fully saturated rings. The molecule has 4 heteroatoms. The van der Waals surface area contributed by atoms with Crippen molar-refractivity contribution in [2.75, 3.05) is 11.9 Å². The number of amides is 1. The van der Waals surface area contributed by atoms with Crippen LogP contribution in [0.2, 0.25) is 0 Å². The van der Waals surface area contributed by atoms with Gasteiger partial charge in [0.2, 0.25) is 0 Å². The molecule has 2 aromatic carbocycles. The first-order chi connectivity index (χ1) is 10.5. The van der Waals surface area contributed by atoms with Crippen molar-refractivity contribution in [3.63, 3.8) is 0 Å². The molecule has 22 heavy (non-hydrogen) atoms. The van der Waals surface area contributed by atoms with Crippen molar-refractivity contribution in [2.24, 2.45) is 0 Å². The number of benzene rings is 2. The standard InChI is InChI=1S/C18H20BrNO2/c1-12(2)15-6-4-5-7-17(15)22-11-18(21)20-14-9-8-13(3)16(19)10-14/h4-10,12H,11H2,1-3H3,(H,20,21). The molecular weight excluding hydrogens is 342 g/mol. The number of anilines is 1. The summed E-state index contributed by atoms with van der Waals surface area (Å²) in [5.41, 5.74) is 2.98. The lowest BCUT2D eigenvalue weighted by Gasteiger charge is -2.14. The number of hydrogen-bond donors (Lipinski definition) is 1. The zero-order valence-corrected chi connectivity index (χ0v) is 14.6.